The number of nitrogens with zero attached hydrogens (tertiary/aromatic N) is 2. The number of aliphatic hydroxyl groups excluding tert-OH is 1. The van der Waals surface area contributed by atoms with E-state index in [1.54, 1.807) is 6.20 Å². The van der Waals surface area contributed by atoms with E-state index in [0.717, 1.165) is 31.6 Å². The van der Waals surface area contributed by atoms with E-state index < -0.39 is 0 Å². The van der Waals surface area contributed by atoms with Crippen molar-refractivity contribution in [3.8, 4) is 0 Å². The molecule has 1 aliphatic carbocycles. The fourth-order valence-corrected chi connectivity index (χ4v) is 2.57. The molecule has 3 N–H and O–H groups in total. The van der Waals surface area contributed by atoms with Gasteiger partial charge in [-0.3, -0.25) is 0 Å². The van der Waals surface area contributed by atoms with Crippen LogP contribution < -0.4 is 10.6 Å². The highest BCUT2D eigenvalue weighted by molar-refractivity contribution is 5.42. The Morgan fingerprint density at radius 1 is 1.32 bits per heavy atom. The van der Waals surface area contributed by atoms with Gasteiger partial charge in [-0.2, -0.15) is 4.98 Å². The first-order valence-electron chi connectivity index (χ1n) is 7.24. The minimum absolute atomic E-state index is 0.161. The molecule has 0 saturated heterocycles. The average Bonchev–Trinajstić information content (AvgIpc) is 2.46. The van der Waals surface area contributed by atoms with Crippen molar-refractivity contribution in [2.45, 2.75) is 51.0 Å². The van der Waals surface area contributed by atoms with Crippen molar-refractivity contribution >= 4 is 11.8 Å². The molecule has 0 aromatic carbocycles. The maximum Gasteiger partial charge on any atom is 0.224 e. The van der Waals surface area contributed by atoms with Crippen LogP contribution >= 0.6 is 0 Å². The molecule has 106 valence electrons. The van der Waals surface area contributed by atoms with E-state index in [-0.39, 0.29) is 12.1 Å². The van der Waals surface area contributed by atoms with Gasteiger partial charge in [0.25, 0.3) is 0 Å². The van der Waals surface area contributed by atoms with Crippen molar-refractivity contribution in [1.82, 2.24) is 9.97 Å². The van der Waals surface area contributed by atoms with Gasteiger partial charge in [-0.05, 0) is 25.3 Å². The SMILES string of the molecule is CCCNc1nccc(NC2(CO)CCCCC2)n1. The van der Waals surface area contributed by atoms with Crippen LogP contribution in [-0.4, -0.2) is 33.8 Å². The van der Waals surface area contributed by atoms with Crippen LogP contribution in [0.4, 0.5) is 11.8 Å². The van der Waals surface area contributed by atoms with E-state index >= 15 is 0 Å². The summed E-state index contributed by atoms with van der Waals surface area (Å²) in [7, 11) is 0. The minimum atomic E-state index is -0.200. The van der Waals surface area contributed by atoms with E-state index in [4.69, 9.17) is 0 Å². The molecule has 5 heteroatoms. The molecular weight excluding hydrogens is 240 g/mol. The van der Waals surface area contributed by atoms with E-state index in [9.17, 15) is 5.11 Å². The van der Waals surface area contributed by atoms with Crippen LogP contribution in [0, 0.1) is 0 Å². The molecule has 0 atom stereocenters. The topological polar surface area (TPSA) is 70.1 Å². The summed E-state index contributed by atoms with van der Waals surface area (Å²) >= 11 is 0. The third-order valence-corrected chi connectivity index (χ3v) is 3.70. The molecular formula is C14H24N4O. The third kappa shape index (κ3) is 3.80. The Morgan fingerprint density at radius 3 is 2.79 bits per heavy atom. The number of aliphatic hydroxyl groups is 1. The van der Waals surface area contributed by atoms with Crippen LogP contribution in [0.3, 0.4) is 0 Å². The zero-order chi connectivity index (χ0) is 13.6. The first-order chi connectivity index (χ1) is 9.28. The lowest BCUT2D eigenvalue weighted by Gasteiger charge is -2.36. The molecule has 1 aliphatic rings. The molecule has 1 saturated carbocycles. The van der Waals surface area contributed by atoms with Gasteiger partial charge < -0.3 is 15.7 Å². The number of hydrogen-bond donors (Lipinski definition) is 3. The molecule has 1 aromatic rings. The summed E-state index contributed by atoms with van der Waals surface area (Å²) in [6.45, 7) is 3.14. The summed E-state index contributed by atoms with van der Waals surface area (Å²) in [5, 5.41) is 16.3. The van der Waals surface area contributed by atoms with Crippen LogP contribution in [-0.2, 0) is 0 Å². The van der Waals surface area contributed by atoms with Gasteiger partial charge in [-0.25, -0.2) is 4.98 Å². The molecule has 2 rings (SSSR count). The van der Waals surface area contributed by atoms with E-state index in [1.807, 2.05) is 6.07 Å². The number of aromatic nitrogens is 2. The smallest absolute Gasteiger partial charge is 0.224 e. The summed E-state index contributed by atoms with van der Waals surface area (Å²) in [5.41, 5.74) is -0.200. The molecule has 0 unspecified atom stereocenters. The van der Waals surface area contributed by atoms with Gasteiger partial charge in [0, 0.05) is 12.7 Å². The highest BCUT2D eigenvalue weighted by Gasteiger charge is 2.31. The second-order valence-corrected chi connectivity index (χ2v) is 5.32. The molecule has 1 fully saturated rings. The number of anilines is 2. The van der Waals surface area contributed by atoms with Crippen molar-refractivity contribution in [2.75, 3.05) is 23.8 Å². The largest absolute Gasteiger partial charge is 0.394 e. The van der Waals surface area contributed by atoms with Gasteiger partial charge in [-0.1, -0.05) is 26.2 Å². The second kappa shape index (κ2) is 6.70. The van der Waals surface area contributed by atoms with Crippen molar-refractivity contribution in [3.63, 3.8) is 0 Å². The molecule has 0 aliphatic heterocycles. The first-order valence-corrected chi connectivity index (χ1v) is 7.24. The fourth-order valence-electron chi connectivity index (χ4n) is 2.57. The van der Waals surface area contributed by atoms with Crippen molar-refractivity contribution in [3.05, 3.63) is 12.3 Å². The lowest BCUT2D eigenvalue weighted by Crippen LogP contribution is -2.44. The maximum absolute atomic E-state index is 9.69. The quantitative estimate of drug-likeness (QED) is 0.736. The normalized spacial score (nSPS) is 18.0. The van der Waals surface area contributed by atoms with Crippen LogP contribution in [0.1, 0.15) is 45.4 Å². The van der Waals surface area contributed by atoms with Gasteiger partial charge in [0.2, 0.25) is 5.95 Å². The number of rotatable bonds is 6. The Labute approximate surface area is 114 Å². The Hall–Kier alpha value is -1.36. The molecule has 5 nitrogen and oxygen atoms in total. The zero-order valence-electron chi connectivity index (χ0n) is 11.7. The molecule has 1 aromatic heterocycles. The Kier molecular flexibility index (Phi) is 4.96. The zero-order valence-corrected chi connectivity index (χ0v) is 11.7. The Morgan fingerprint density at radius 2 is 2.11 bits per heavy atom. The Balaban J connectivity index is 2.04. The molecule has 0 spiro atoms. The lowest BCUT2D eigenvalue weighted by atomic mass is 9.82. The van der Waals surface area contributed by atoms with Gasteiger partial charge in [0.05, 0.1) is 12.1 Å². The summed E-state index contributed by atoms with van der Waals surface area (Å²) in [6.07, 6.45) is 8.40. The van der Waals surface area contributed by atoms with Gasteiger partial charge in [-0.15, -0.1) is 0 Å². The van der Waals surface area contributed by atoms with Crippen LogP contribution in [0.25, 0.3) is 0 Å². The Bertz CT molecular complexity index is 391. The predicted molar refractivity (Wildman–Crippen MR) is 77.3 cm³/mol. The van der Waals surface area contributed by atoms with Crippen LogP contribution in [0.15, 0.2) is 12.3 Å². The molecule has 19 heavy (non-hydrogen) atoms. The summed E-state index contributed by atoms with van der Waals surface area (Å²) in [4.78, 5) is 8.65. The van der Waals surface area contributed by atoms with Gasteiger partial charge >= 0.3 is 0 Å². The standard InChI is InChI=1S/C14H24N4O/c1-2-9-15-13-16-10-6-12(17-13)18-14(11-19)7-4-3-5-8-14/h6,10,19H,2-5,7-9,11H2,1H3,(H2,15,16,17,18). The van der Waals surface area contributed by atoms with Crippen molar-refractivity contribution < 1.29 is 5.11 Å². The molecule has 0 bridgehead atoms. The average molecular weight is 264 g/mol. The summed E-state index contributed by atoms with van der Waals surface area (Å²) < 4.78 is 0. The maximum atomic E-state index is 9.69. The molecule has 0 radical (unpaired) electrons. The van der Waals surface area contributed by atoms with Crippen LogP contribution in [0.2, 0.25) is 0 Å². The fraction of sp³-hybridized carbons (Fsp3) is 0.714. The summed E-state index contributed by atoms with van der Waals surface area (Å²) in [6, 6.07) is 1.86. The van der Waals surface area contributed by atoms with Crippen LogP contribution in [0.5, 0.6) is 0 Å². The first kappa shape index (κ1) is 14.1. The third-order valence-electron chi connectivity index (χ3n) is 3.70. The van der Waals surface area contributed by atoms with E-state index in [2.05, 4.69) is 27.5 Å². The van der Waals surface area contributed by atoms with E-state index in [1.165, 1.54) is 19.3 Å². The van der Waals surface area contributed by atoms with E-state index in [0.29, 0.717) is 5.95 Å². The van der Waals surface area contributed by atoms with Crippen molar-refractivity contribution in [1.29, 1.82) is 0 Å². The summed E-state index contributed by atoms with van der Waals surface area (Å²) in [5.74, 6) is 1.44. The predicted octanol–water partition coefficient (Wildman–Crippen LogP) is 2.41. The highest BCUT2D eigenvalue weighted by Crippen LogP contribution is 2.30. The number of nitrogens with one attached hydrogen (secondary N) is 2. The molecule has 1 heterocycles. The minimum Gasteiger partial charge on any atom is -0.394 e. The van der Waals surface area contributed by atoms with Gasteiger partial charge in [0.15, 0.2) is 0 Å². The molecule has 0 amide bonds. The lowest BCUT2D eigenvalue weighted by molar-refractivity contribution is 0.172. The highest BCUT2D eigenvalue weighted by atomic mass is 16.3. The number of hydrogen-bond acceptors (Lipinski definition) is 5. The van der Waals surface area contributed by atoms with Crippen molar-refractivity contribution in [2.24, 2.45) is 0 Å². The van der Waals surface area contributed by atoms with Gasteiger partial charge in [0.1, 0.15) is 5.82 Å². The monoisotopic (exact) mass is 264 g/mol. The second-order valence-electron chi connectivity index (χ2n) is 5.32.